The highest BCUT2D eigenvalue weighted by Gasteiger charge is 2.29. The molecule has 11 heteroatoms. The Labute approximate surface area is 194 Å². The summed E-state index contributed by atoms with van der Waals surface area (Å²) in [7, 11) is 0. The minimum Gasteiger partial charge on any atom is -0.468 e. The van der Waals surface area contributed by atoms with E-state index in [1.54, 1.807) is 18.3 Å². The third kappa shape index (κ3) is 6.20. The van der Waals surface area contributed by atoms with Crippen molar-refractivity contribution in [3.63, 3.8) is 0 Å². The largest absolute Gasteiger partial charge is 0.468 e. The minimum absolute atomic E-state index is 0.211. The van der Waals surface area contributed by atoms with Gasteiger partial charge in [0, 0.05) is 22.4 Å². The van der Waals surface area contributed by atoms with E-state index in [1.165, 1.54) is 30.6 Å². The Morgan fingerprint density at radius 2 is 1.97 bits per heavy atom. The average molecular weight is 563 g/mol. The quantitative estimate of drug-likeness (QED) is 0.235. The van der Waals surface area contributed by atoms with Crippen LogP contribution in [0.25, 0.3) is 11.1 Å². The Balaban J connectivity index is 1.94. The number of aromatic nitrogens is 2. The number of pyridine rings is 2. The summed E-state index contributed by atoms with van der Waals surface area (Å²) in [4.78, 5) is 20.6. The second-order valence-electron chi connectivity index (χ2n) is 6.39. The van der Waals surface area contributed by atoms with Crippen LogP contribution in [-0.2, 0) is 4.43 Å². The number of nitrogen functional groups attached to an aromatic ring is 1. The topological polar surface area (TPSA) is 90.1 Å². The molecule has 0 aliphatic carbocycles. The third-order valence-electron chi connectivity index (χ3n) is 4.00. The zero-order valence-electron chi connectivity index (χ0n) is 15.7. The number of rotatable bonds is 6. The van der Waals surface area contributed by atoms with Crippen LogP contribution in [0.4, 0.5) is 24.5 Å². The molecule has 0 unspecified atom stereocenters. The number of anilines is 2. The number of carbonyl (C=O) groups excluding carboxylic acids is 1. The first-order valence-electron chi connectivity index (χ1n) is 8.72. The van der Waals surface area contributed by atoms with Crippen LogP contribution in [0.2, 0.25) is 5.02 Å². The molecule has 0 aliphatic heterocycles. The number of ether oxygens (including phenoxy) is 1. The highest BCUT2D eigenvalue weighted by atomic mass is 127. The van der Waals surface area contributed by atoms with Gasteiger partial charge in [-0.15, -0.1) is 0 Å². The van der Waals surface area contributed by atoms with Crippen molar-refractivity contribution in [2.45, 2.75) is 10.6 Å². The lowest BCUT2D eigenvalue weighted by Gasteiger charge is -2.15. The fraction of sp³-hybridized carbons (Fsp3) is 0.150. The summed E-state index contributed by atoms with van der Waals surface area (Å²) in [5, 5.41) is 2.88. The van der Waals surface area contributed by atoms with Gasteiger partial charge in [-0.05, 0) is 35.4 Å². The van der Waals surface area contributed by atoms with Crippen LogP contribution in [0.15, 0.2) is 48.9 Å². The zero-order valence-corrected chi connectivity index (χ0v) is 18.6. The fourth-order valence-electron chi connectivity index (χ4n) is 2.58. The lowest BCUT2D eigenvalue weighted by molar-refractivity contribution is -0.154. The van der Waals surface area contributed by atoms with E-state index in [2.05, 4.69) is 37.9 Å². The van der Waals surface area contributed by atoms with E-state index < -0.39 is 18.7 Å². The van der Waals surface area contributed by atoms with Crippen LogP contribution in [0.1, 0.15) is 15.9 Å². The van der Waals surface area contributed by atoms with Crippen LogP contribution in [0, 0.1) is 0 Å². The maximum absolute atomic E-state index is 12.6. The number of nitrogens with one attached hydrogen (secondary N) is 1. The van der Waals surface area contributed by atoms with Crippen molar-refractivity contribution < 1.29 is 22.7 Å². The number of hydrogen-bond acceptors (Lipinski definition) is 5. The van der Waals surface area contributed by atoms with Crippen molar-refractivity contribution in [3.05, 3.63) is 65.1 Å². The molecule has 31 heavy (non-hydrogen) atoms. The van der Waals surface area contributed by atoms with Crippen LogP contribution < -0.4 is 15.8 Å². The number of nitrogens with zero attached hydrogens (tertiary/aromatic N) is 2. The molecule has 0 bridgehead atoms. The molecule has 0 aliphatic rings. The van der Waals surface area contributed by atoms with E-state index in [0.717, 1.165) is 5.56 Å². The Morgan fingerprint density at radius 3 is 2.65 bits per heavy atom. The van der Waals surface area contributed by atoms with Crippen molar-refractivity contribution in [3.8, 4) is 17.0 Å². The zero-order chi connectivity index (χ0) is 22.6. The Hall–Kier alpha value is -2.60. The first-order chi connectivity index (χ1) is 14.7. The summed E-state index contributed by atoms with van der Waals surface area (Å²) in [6.07, 6.45) is -0.260. The van der Waals surface area contributed by atoms with Crippen LogP contribution in [0.5, 0.6) is 5.88 Å². The first-order valence-corrected chi connectivity index (χ1v) is 10.6. The van der Waals surface area contributed by atoms with Gasteiger partial charge in [0.05, 0.1) is 28.2 Å². The SMILES string of the molecule is Nc1ccc(-c2cc(NC(=O)c3cncc(CI)c3)cnc2OCC(F)(F)F)cc1Cl. The van der Waals surface area contributed by atoms with E-state index in [9.17, 15) is 18.0 Å². The molecule has 0 saturated heterocycles. The summed E-state index contributed by atoms with van der Waals surface area (Å²) in [6.45, 7) is -1.52. The van der Waals surface area contributed by atoms with E-state index in [4.69, 9.17) is 22.1 Å². The summed E-state index contributed by atoms with van der Waals surface area (Å²) in [6, 6.07) is 7.71. The molecule has 2 aromatic heterocycles. The maximum atomic E-state index is 12.6. The fourth-order valence-corrected chi connectivity index (χ4v) is 3.17. The Morgan fingerprint density at radius 1 is 1.19 bits per heavy atom. The highest BCUT2D eigenvalue weighted by molar-refractivity contribution is 14.1. The molecule has 0 radical (unpaired) electrons. The van der Waals surface area contributed by atoms with Gasteiger partial charge in [-0.3, -0.25) is 9.78 Å². The number of halogens is 5. The Kier molecular flexibility index (Phi) is 7.21. The van der Waals surface area contributed by atoms with Gasteiger partial charge in [0.15, 0.2) is 6.61 Å². The molecular weight excluding hydrogens is 548 g/mol. The minimum atomic E-state index is -4.54. The number of hydrogen-bond donors (Lipinski definition) is 2. The highest BCUT2D eigenvalue weighted by Crippen LogP contribution is 2.34. The van der Waals surface area contributed by atoms with Gasteiger partial charge < -0.3 is 15.8 Å². The monoisotopic (exact) mass is 562 g/mol. The van der Waals surface area contributed by atoms with Crippen molar-refractivity contribution in [2.24, 2.45) is 0 Å². The summed E-state index contributed by atoms with van der Waals surface area (Å²) in [5.41, 5.74) is 8.13. The lowest BCUT2D eigenvalue weighted by atomic mass is 10.1. The van der Waals surface area contributed by atoms with Crippen LogP contribution in [0.3, 0.4) is 0 Å². The van der Waals surface area contributed by atoms with Gasteiger partial charge >= 0.3 is 6.18 Å². The van der Waals surface area contributed by atoms with E-state index in [-0.39, 0.29) is 22.2 Å². The standard InChI is InChI=1S/C20H15ClF3IN4O2/c21-16-4-12(1-2-17(16)26)15-5-14(9-28-19(15)31-10-20(22,23)24)29-18(30)13-3-11(6-25)7-27-8-13/h1-5,7-9H,6,10,26H2,(H,29,30). The second kappa shape index (κ2) is 9.69. The molecule has 0 fully saturated rings. The Bertz CT molecular complexity index is 1110. The molecule has 162 valence electrons. The number of amides is 1. The molecule has 0 spiro atoms. The van der Waals surface area contributed by atoms with Gasteiger partial charge in [0.2, 0.25) is 5.88 Å². The van der Waals surface area contributed by atoms with Gasteiger partial charge in [-0.2, -0.15) is 13.2 Å². The van der Waals surface area contributed by atoms with Crippen molar-refractivity contribution >= 4 is 51.5 Å². The number of carbonyl (C=O) groups is 1. The average Bonchev–Trinajstić information content (AvgIpc) is 2.74. The molecule has 1 aromatic carbocycles. The first kappa shape index (κ1) is 23.1. The molecule has 3 N–H and O–H groups in total. The van der Waals surface area contributed by atoms with Crippen molar-refractivity contribution in [1.82, 2.24) is 9.97 Å². The number of benzene rings is 1. The van der Waals surface area contributed by atoms with E-state index in [1.807, 2.05) is 0 Å². The van der Waals surface area contributed by atoms with Gasteiger partial charge in [-0.25, -0.2) is 4.98 Å². The van der Waals surface area contributed by atoms with E-state index in [0.29, 0.717) is 21.2 Å². The summed E-state index contributed by atoms with van der Waals surface area (Å²) in [5.74, 6) is -0.698. The molecular formula is C20H15ClF3IN4O2. The molecule has 3 rings (SSSR count). The predicted molar refractivity (Wildman–Crippen MR) is 121 cm³/mol. The normalized spacial score (nSPS) is 11.3. The summed E-state index contributed by atoms with van der Waals surface area (Å²) >= 11 is 8.21. The summed E-state index contributed by atoms with van der Waals surface area (Å²) < 4.78 is 43.5. The molecule has 0 atom stereocenters. The van der Waals surface area contributed by atoms with Crippen molar-refractivity contribution in [2.75, 3.05) is 17.7 Å². The lowest BCUT2D eigenvalue weighted by Crippen LogP contribution is -2.20. The van der Waals surface area contributed by atoms with Crippen molar-refractivity contribution in [1.29, 1.82) is 0 Å². The second-order valence-corrected chi connectivity index (χ2v) is 7.56. The van der Waals surface area contributed by atoms with Crippen LogP contribution in [-0.4, -0.2) is 28.7 Å². The molecule has 6 nitrogen and oxygen atoms in total. The molecule has 2 heterocycles. The maximum Gasteiger partial charge on any atom is 0.422 e. The molecule has 1 amide bonds. The van der Waals surface area contributed by atoms with Crippen LogP contribution >= 0.6 is 34.2 Å². The smallest absolute Gasteiger partial charge is 0.422 e. The predicted octanol–water partition coefficient (Wildman–Crippen LogP) is 5.51. The number of alkyl halides is 4. The van der Waals surface area contributed by atoms with E-state index >= 15 is 0 Å². The molecule has 3 aromatic rings. The third-order valence-corrected chi connectivity index (χ3v) is 5.21. The van der Waals surface area contributed by atoms with Gasteiger partial charge in [0.25, 0.3) is 5.91 Å². The van der Waals surface area contributed by atoms with Gasteiger partial charge in [0.1, 0.15) is 0 Å². The molecule has 0 saturated carbocycles. The van der Waals surface area contributed by atoms with Gasteiger partial charge in [-0.1, -0.05) is 40.3 Å². The number of nitrogens with two attached hydrogens (primary N) is 1.